The van der Waals surface area contributed by atoms with Gasteiger partial charge in [-0.05, 0) is 55.4 Å². The van der Waals surface area contributed by atoms with Crippen LogP contribution in [0.2, 0.25) is 0 Å². The molecule has 1 rings (SSSR count). The minimum absolute atomic E-state index is 0.0498. The monoisotopic (exact) mass is 504 g/mol. The van der Waals surface area contributed by atoms with Crippen molar-refractivity contribution in [2.24, 2.45) is 5.16 Å². The summed E-state index contributed by atoms with van der Waals surface area (Å²) in [5, 5.41) is 17.4. The fourth-order valence-electron chi connectivity index (χ4n) is 3.65. The fraction of sp³-hybridized carbons (Fsp3) is 0.875. The molecule has 1 heterocycles. The largest absolute Gasteiger partial charge is 0.464 e. The van der Waals surface area contributed by atoms with Gasteiger partial charge in [-0.25, -0.2) is 4.79 Å². The molecule has 1 amide bonds. The first-order chi connectivity index (χ1) is 16.2. The van der Waals surface area contributed by atoms with E-state index in [9.17, 15) is 14.7 Å². The molecule has 0 aliphatic carbocycles. The Bertz CT molecular complexity index is 711. The molecule has 35 heavy (non-hydrogen) atoms. The van der Waals surface area contributed by atoms with Crippen LogP contribution in [0.15, 0.2) is 5.16 Å². The number of methoxy groups -OCH3 is 1. The summed E-state index contributed by atoms with van der Waals surface area (Å²) in [5.41, 5.74) is 0.198. The molecule has 0 aromatic heterocycles. The Kier molecular flexibility index (Phi) is 12.6. The number of hydrogen-bond acceptors (Lipinski definition) is 10. The minimum Gasteiger partial charge on any atom is -0.464 e. The molecule has 1 unspecified atom stereocenters. The SMILES string of the molecule is COC(=O)C1(O)CC([C@@H](NC(C)=O)[C@@H](OC(C)C)[C@H](OC(C)C)[C@@H](COC(C)C)OC(C)C)=NO1. The Morgan fingerprint density at radius 3 is 1.97 bits per heavy atom. The lowest BCUT2D eigenvalue weighted by atomic mass is 9.92. The normalized spacial score (nSPS) is 21.6. The molecule has 11 nitrogen and oxygen atoms in total. The number of carbonyl (C=O) groups is 2. The van der Waals surface area contributed by atoms with E-state index in [1.165, 1.54) is 6.92 Å². The summed E-state index contributed by atoms with van der Waals surface area (Å²) >= 11 is 0. The Hall–Kier alpha value is -1.79. The number of nitrogens with zero attached hydrogens (tertiary/aromatic N) is 1. The van der Waals surface area contributed by atoms with Gasteiger partial charge in [0, 0.05) is 6.92 Å². The van der Waals surface area contributed by atoms with E-state index in [-0.39, 0.29) is 49.1 Å². The van der Waals surface area contributed by atoms with Gasteiger partial charge in [0.15, 0.2) is 0 Å². The van der Waals surface area contributed by atoms with Crippen LogP contribution in [-0.2, 0) is 38.1 Å². The van der Waals surface area contributed by atoms with Crippen LogP contribution in [0.3, 0.4) is 0 Å². The van der Waals surface area contributed by atoms with Crippen molar-refractivity contribution in [1.82, 2.24) is 5.32 Å². The average Bonchev–Trinajstić information content (AvgIpc) is 3.13. The first-order valence-corrected chi connectivity index (χ1v) is 12.1. The zero-order chi connectivity index (χ0) is 26.9. The van der Waals surface area contributed by atoms with E-state index < -0.39 is 36.1 Å². The number of carbonyl (C=O) groups excluding carboxylic acids is 2. The second kappa shape index (κ2) is 14.1. The van der Waals surface area contributed by atoms with Gasteiger partial charge in [0.05, 0.1) is 56.3 Å². The van der Waals surface area contributed by atoms with Crippen LogP contribution >= 0.6 is 0 Å². The van der Waals surface area contributed by atoms with Crippen LogP contribution in [0.25, 0.3) is 0 Å². The van der Waals surface area contributed by atoms with Gasteiger partial charge in [-0.1, -0.05) is 5.16 Å². The van der Waals surface area contributed by atoms with Crippen LogP contribution in [0.5, 0.6) is 0 Å². The molecule has 0 aromatic rings. The van der Waals surface area contributed by atoms with Crippen molar-refractivity contribution < 1.29 is 43.2 Å². The molecular formula is C24H44N2O9. The highest BCUT2D eigenvalue weighted by atomic mass is 16.8. The molecule has 0 aromatic carbocycles. The van der Waals surface area contributed by atoms with Crippen molar-refractivity contribution in [3.63, 3.8) is 0 Å². The van der Waals surface area contributed by atoms with Crippen molar-refractivity contribution in [3.8, 4) is 0 Å². The number of oxime groups is 1. The molecule has 1 aliphatic rings. The maximum atomic E-state index is 12.2. The maximum absolute atomic E-state index is 12.2. The lowest BCUT2D eigenvalue weighted by molar-refractivity contribution is -0.216. The summed E-state index contributed by atoms with van der Waals surface area (Å²) in [6, 6.07) is -0.908. The predicted molar refractivity (Wildman–Crippen MR) is 129 cm³/mol. The fourth-order valence-corrected chi connectivity index (χ4v) is 3.65. The Labute approximate surface area is 208 Å². The third-order valence-corrected chi connectivity index (χ3v) is 4.87. The molecule has 2 N–H and O–H groups in total. The highest BCUT2D eigenvalue weighted by Crippen LogP contribution is 2.29. The van der Waals surface area contributed by atoms with Crippen molar-refractivity contribution in [3.05, 3.63) is 0 Å². The van der Waals surface area contributed by atoms with E-state index in [0.29, 0.717) is 0 Å². The van der Waals surface area contributed by atoms with E-state index >= 15 is 0 Å². The zero-order valence-corrected chi connectivity index (χ0v) is 22.7. The van der Waals surface area contributed by atoms with Crippen molar-refractivity contribution >= 4 is 17.6 Å². The quantitative estimate of drug-likeness (QED) is 0.321. The van der Waals surface area contributed by atoms with Gasteiger partial charge in [-0.2, -0.15) is 0 Å². The van der Waals surface area contributed by atoms with Gasteiger partial charge in [0.25, 0.3) is 0 Å². The maximum Gasteiger partial charge on any atom is 0.382 e. The predicted octanol–water partition coefficient (Wildman–Crippen LogP) is 1.93. The molecule has 204 valence electrons. The van der Waals surface area contributed by atoms with Gasteiger partial charge < -0.3 is 38.9 Å². The van der Waals surface area contributed by atoms with Crippen molar-refractivity contribution in [2.75, 3.05) is 13.7 Å². The molecular weight excluding hydrogens is 460 g/mol. The van der Waals surface area contributed by atoms with Crippen LogP contribution in [0.1, 0.15) is 68.7 Å². The van der Waals surface area contributed by atoms with E-state index in [2.05, 4.69) is 15.2 Å². The molecule has 0 bridgehead atoms. The van der Waals surface area contributed by atoms with Crippen molar-refractivity contribution in [1.29, 1.82) is 0 Å². The Morgan fingerprint density at radius 2 is 1.51 bits per heavy atom. The number of nitrogens with one attached hydrogen (secondary N) is 1. The van der Waals surface area contributed by atoms with Gasteiger partial charge >= 0.3 is 11.8 Å². The van der Waals surface area contributed by atoms with Crippen LogP contribution in [-0.4, -0.2) is 91.0 Å². The number of ether oxygens (including phenoxy) is 5. The molecule has 0 spiro atoms. The van der Waals surface area contributed by atoms with Crippen LogP contribution in [0.4, 0.5) is 0 Å². The number of amides is 1. The number of hydrogen-bond donors (Lipinski definition) is 2. The molecule has 0 saturated carbocycles. The summed E-state index contributed by atoms with van der Waals surface area (Å²) in [6.45, 7) is 16.7. The molecule has 5 atom stereocenters. The van der Waals surface area contributed by atoms with E-state index in [1.807, 2.05) is 55.4 Å². The second-order valence-corrected chi connectivity index (χ2v) is 9.71. The number of esters is 1. The molecule has 0 saturated heterocycles. The third kappa shape index (κ3) is 10.0. The molecule has 1 aliphatic heterocycles. The summed E-state index contributed by atoms with van der Waals surface area (Å²) in [7, 11) is 1.13. The topological polar surface area (TPSA) is 134 Å². The summed E-state index contributed by atoms with van der Waals surface area (Å²) in [5.74, 6) is -3.67. The van der Waals surface area contributed by atoms with Gasteiger partial charge in [0.2, 0.25) is 5.91 Å². The summed E-state index contributed by atoms with van der Waals surface area (Å²) in [4.78, 5) is 29.4. The molecule has 0 fully saturated rings. The summed E-state index contributed by atoms with van der Waals surface area (Å²) < 4.78 is 29.4. The van der Waals surface area contributed by atoms with Gasteiger partial charge in [0.1, 0.15) is 18.3 Å². The second-order valence-electron chi connectivity index (χ2n) is 9.71. The highest BCUT2D eigenvalue weighted by molar-refractivity contribution is 5.98. The van der Waals surface area contributed by atoms with E-state index in [4.69, 9.17) is 23.8 Å². The van der Waals surface area contributed by atoms with Gasteiger partial charge in [-0.15, -0.1) is 0 Å². The lowest BCUT2D eigenvalue weighted by Gasteiger charge is -2.40. The smallest absolute Gasteiger partial charge is 0.382 e. The van der Waals surface area contributed by atoms with Gasteiger partial charge in [-0.3, -0.25) is 4.79 Å². The van der Waals surface area contributed by atoms with E-state index in [1.54, 1.807) is 0 Å². The van der Waals surface area contributed by atoms with Crippen LogP contribution in [0, 0.1) is 0 Å². The lowest BCUT2D eigenvalue weighted by Crippen LogP contribution is -2.60. The highest BCUT2D eigenvalue weighted by Gasteiger charge is 2.51. The summed E-state index contributed by atoms with van der Waals surface area (Å²) in [6.07, 6.45) is -3.13. The Morgan fingerprint density at radius 1 is 0.971 bits per heavy atom. The third-order valence-electron chi connectivity index (χ3n) is 4.87. The minimum atomic E-state index is -2.30. The molecule has 11 heteroatoms. The van der Waals surface area contributed by atoms with Crippen LogP contribution < -0.4 is 5.32 Å². The first kappa shape index (κ1) is 31.2. The zero-order valence-electron chi connectivity index (χ0n) is 22.7. The van der Waals surface area contributed by atoms with Crippen molar-refractivity contribution in [2.45, 2.75) is 123 Å². The first-order valence-electron chi connectivity index (χ1n) is 12.1. The molecule has 0 radical (unpaired) electrons. The number of aliphatic hydroxyl groups is 1. The average molecular weight is 505 g/mol. The standard InChI is InChI=1S/C24H44N2O9/c1-13(2)31-12-19(32-14(3)4)21(33-15(5)6)22(34-16(7)8)20(25-17(9)27)18-11-24(29,35-26-18)23(28)30-10/h13-16,19-22,29H,11-12H2,1-10H3,(H,25,27)/t19-,20-,21-,22-,24?/m1/s1. The Balaban J connectivity index is 3.51. The van der Waals surface area contributed by atoms with E-state index in [0.717, 1.165) is 7.11 Å². The number of rotatable bonds is 15.